The van der Waals surface area contributed by atoms with E-state index in [-0.39, 0.29) is 17.9 Å². The van der Waals surface area contributed by atoms with Crippen molar-refractivity contribution in [2.45, 2.75) is 32.4 Å². The third-order valence-electron chi connectivity index (χ3n) is 4.81. The summed E-state index contributed by atoms with van der Waals surface area (Å²) in [6.45, 7) is 3.76. The normalized spacial score (nSPS) is 19.3. The molecule has 2 unspecified atom stereocenters. The first-order valence-corrected chi connectivity index (χ1v) is 9.12. The monoisotopic (exact) mass is 372 g/mol. The lowest BCUT2D eigenvalue weighted by molar-refractivity contribution is -0.124. The summed E-state index contributed by atoms with van der Waals surface area (Å²) in [5.41, 5.74) is 8.96. The number of nitrogens with zero attached hydrogens (tertiary/aromatic N) is 1. The zero-order valence-electron chi connectivity index (χ0n) is 14.4. The average Bonchev–Trinajstić information content (AvgIpc) is 3.03. The molecule has 0 bridgehead atoms. The van der Waals surface area contributed by atoms with Crippen molar-refractivity contribution in [2.75, 3.05) is 5.84 Å². The number of para-hydroxylation sites is 1. The molecule has 136 valence electrons. The van der Waals surface area contributed by atoms with Gasteiger partial charge in [-0.25, -0.2) is 4.07 Å². The number of nitrogens with one attached hydrogen (secondary N) is 4. The van der Waals surface area contributed by atoms with Gasteiger partial charge in [0.2, 0.25) is 0 Å². The van der Waals surface area contributed by atoms with Crippen molar-refractivity contribution in [3.63, 3.8) is 0 Å². The first kappa shape index (κ1) is 16.7. The topological polar surface area (TPSA) is 117 Å². The molecule has 2 aromatic heterocycles. The Hall–Kier alpha value is -2.78. The Bertz CT molecular complexity index is 1000. The zero-order chi connectivity index (χ0) is 18.4. The highest BCUT2D eigenvalue weighted by Gasteiger charge is 2.31. The number of hydrogen-bond donors (Lipinski definition) is 5. The number of aromatic nitrogens is 2. The number of fused-ring (bicyclic) bond motifs is 3. The Morgan fingerprint density at radius 3 is 2.81 bits per heavy atom. The standard InChI is InChI=1S/C17H20N6O2S/c1-8-14-11(10-5-3-4-6-12(10)20-14)7-13(19-8)16(24)21-22-17(25)15-9(2)23(18)26-15/h3-6,8,13,19-20H,7,18H2,1-2H3,(H,21,24)(H,22,25). The van der Waals surface area contributed by atoms with Gasteiger partial charge in [-0.05, 0) is 43.4 Å². The van der Waals surface area contributed by atoms with Crippen LogP contribution in [0.15, 0.2) is 24.3 Å². The minimum Gasteiger partial charge on any atom is -0.357 e. The molecule has 0 saturated carbocycles. The lowest BCUT2D eigenvalue weighted by Crippen LogP contribution is -2.54. The number of hydrazine groups is 1. The molecule has 2 atom stereocenters. The number of hydrogen-bond acceptors (Lipinski definition) is 5. The summed E-state index contributed by atoms with van der Waals surface area (Å²) in [4.78, 5) is 28.5. The first-order valence-electron chi connectivity index (χ1n) is 8.35. The van der Waals surface area contributed by atoms with Crippen LogP contribution in [0.2, 0.25) is 0 Å². The smallest absolute Gasteiger partial charge is 0.283 e. The molecule has 0 aliphatic carbocycles. The van der Waals surface area contributed by atoms with Crippen LogP contribution in [0.4, 0.5) is 0 Å². The van der Waals surface area contributed by atoms with Crippen molar-refractivity contribution in [2.24, 2.45) is 0 Å². The second kappa shape index (κ2) is 6.19. The van der Waals surface area contributed by atoms with Gasteiger partial charge in [-0.3, -0.25) is 25.8 Å². The van der Waals surface area contributed by atoms with Crippen LogP contribution in [0.1, 0.15) is 39.6 Å². The van der Waals surface area contributed by atoms with Gasteiger partial charge in [0.25, 0.3) is 11.8 Å². The van der Waals surface area contributed by atoms with Gasteiger partial charge < -0.3 is 10.8 Å². The predicted octanol–water partition coefficient (Wildman–Crippen LogP) is 1.09. The fourth-order valence-corrected chi connectivity index (χ4v) is 4.05. The largest absolute Gasteiger partial charge is 0.357 e. The van der Waals surface area contributed by atoms with Crippen LogP contribution < -0.4 is 22.0 Å². The van der Waals surface area contributed by atoms with Gasteiger partial charge in [-0.15, -0.1) is 0 Å². The van der Waals surface area contributed by atoms with Gasteiger partial charge in [-0.2, -0.15) is 0 Å². The Kier molecular flexibility index (Phi) is 3.97. The molecular formula is C17H20N6O2S. The van der Waals surface area contributed by atoms with Crippen LogP contribution >= 0.6 is 11.5 Å². The molecule has 1 aliphatic rings. The molecule has 6 N–H and O–H groups in total. The second-order valence-corrected chi connectivity index (χ2v) is 7.47. The van der Waals surface area contributed by atoms with E-state index < -0.39 is 6.04 Å². The molecule has 0 saturated heterocycles. The van der Waals surface area contributed by atoms with Gasteiger partial charge in [-0.1, -0.05) is 18.2 Å². The van der Waals surface area contributed by atoms with Crippen molar-refractivity contribution >= 4 is 34.2 Å². The van der Waals surface area contributed by atoms with Gasteiger partial charge in [0.1, 0.15) is 4.88 Å². The summed E-state index contributed by atoms with van der Waals surface area (Å²) < 4.78 is 1.40. The number of nitrogens with two attached hydrogens (primary N) is 1. The van der Waals surface area contributed by atoms with E-state index in [9.17, 15) is 9.59 Å². The maximum Gasteiger partial charge on any atom is 0.283 e. The van der Waals surface area contributed by atoms with E-state index in [4.69, 9.17) is 5.84 Å². The van der Waals surface area contributed by atoms with E-state index in [1.54, 1.807) is 6.92 Å². The van der Waals surface area contributed by atoms with E-state index in [1.165, 1.54) is 4.07 Å². The number of carbonyl (C=O) groups is 2. The van der Waals surface area contributed by atoms with Crippen LogP contribution in [0.3, 0.4) is 0 Å². The molecule has 0 radical (unpaired) electrons. The summed E-state index contributed by atoms with van der Waals surface area (Å²) in [5.74, 6) is 4.94. The summed E-state index contributed by atoms with van der Waals surface area (Å²) in [6.07, 6.45) is 0.554. The molecule has 3 heterocycles. The number of benzene rings is 1. The van der Waals surface area contributed by atoms with Crippen molar-refractivity contribution in [3.05, 3.63) is 46.1 Å². The van der Waals surface area contributed by atoms with Crippen LogP contribution in [0, 0.1) is 6.92 Å². The Labute approximate surface area is 153 Å². The highest BCUT2D eigenvalue weighted by Crippen LogP contribution is 2.31. The van der Waals surface area contributed by atoms with E-state index in [1.807, 2.05) is 25.1 Å². The van der Waals surface area contributed by atoms with Crippen LogP contribution in [-0.4, -0.2) is 26.9 Å². The molecule has 1 aliphatic heterocycles. The lowest BCUT2D eigenvalue weighted by Gasteiger charge is -2.28. The molecule has 4 rings (SSSR count). The SMILES string of the molecule is Cc1c(C(=O)NNC(=O)C2Cc3c([nH]c4ccccc34)C(C)N2)sn1N. The molecule has 2 amide bonds. The predicted molar refractivity (Wildman–Crippen MR) is 100 cm³/mol. The average molecular weight is 372 g/mol. The number of aromatic amines is 1. The van der Waals surface area contributed by atoms with Gasteiger partial charge in [0.05, 0.1) is 11.7 Å². The van der Waals surface area contributed by atoms with Gasteiger partial charge >= 0.3 is 0 Å². The summed E-state index contributed by atoms with van der Waals surface area (Å²) in [5, 5.41) is 4.42. The third kappa shape index (κ3) is 2.65. The number of H-pyrrole nitrogens is 1. The molecule has 9 heteroatoms. The second-order valence-electron chi connectivity index (χ2n) is 6.48. The van der Waals surface area contributed by atoms with Crippen molar-refractivity contribution in [1.82, 2.24) is 25.2 Å². The lowest BCUT2D eigenvalue weighted by atomic mass is 9.94. The molecular weight excluding hydrogens is 352 g/mol. The minimum atomic E-state index is -0.424. The van der Waals surface area contributed by atoms with Crippen LogP contribution in [0.25, 0.3) is 10.9 Å². The molecule has 3 aromatic rings. The van der Waals surface area contributed by atoms with Crippen molar-refractivity contribution in [1.29, 1.82) is 0 Å². The summed E-state index contributed by atoms with van der Waals surface area (Å²) in [6, 6.07) is 7.65. The van der Waals surface area contributed by atoms with Crippen LogP contribution in [0.5, 0.6) is 0 Å². The Balaban J connectivity index is 1.46. The van der Waals surface area contributed by atoms with E-state index in [0.29, 0.717) is 17.0 Å². The highest BCUT2D eigenvalue weighted by molar-refractivity contribution is 7.10. The number of amides is 2. The van der Waals surface area contributed by atoms with E-state index in [2.05, 4.69) is 27.2 Å². The van der Waals surface area contributed by atoms with Crippen molar-refractivity contribution in [3.8, 4) is 0 Å². The molecule has 26 heavy (non-hydrogen) atoms. The third-order valence-corrected chi connectivity index (χ3v) is 5.94. The number of rotatable bonds is 2. The minimum absolute atomic E-state index is 0.00976. The number of nitrogen functional groups attached to an aromatic ring is 1. The van der Waals surface area contributed by atoms with Crippen molar-refractivity contribution < 1.29 is 9.59 Å². The highest BCUT2D eigenvalue weighted by atomic mass is 32.1. The van der Waals surface area contributed by atoms with E-state index in [0.717, 1.165) is 33.7 Å². The quantitative estimate of drug-likeness (QED) is 0.342. The summed E-state index contributed by atoms with van der Waals surface area (Å²) >= 11 is 1.13. The summed E-state index contributed by atoms with van der Waals surface area (Å²) in [7, 11) is 0. The van der Waals surface area contributed by atoms with Gasteiger partial charge in [0, 0.05) is 22.6 Å². The van der Waals surface area contributed by atoms with E-state index >= 15 is 0 Å². The molecule has 8 nitrogen and oxygen atoms in total. The Morgan fingerprint density at radius 1 is 1.31 bits per heavy atom. The number of carbonyl (C=O) groups excluding carboxylic acids is 2. The first-order chi connectivity index (χ1) is 12.5. The van der Waals surface area contributed by atoms with Gasteiger partial charge in [0.15, 0.2) is 0 Å². The maximum absolute atomic E-state index is 12.5. The molecule has 1 aromatic carbocycles. The fraction of sp³-hybridized carbons (Fsp3) is 0.294. The fourth-order valence-electron chi connectivity index (χ4n) is 3.39. The zero-order valence-corrected chi connectivity index (χ0v) is 15.2. The maximum atomic E-state index is 12.5. The van der Waals surface area contributed by atoms with Crippen LogP contribution in [-0.2, 0) is 11.2 Å². The molecule has 0 fully saturated rings. The molecule has 0 spiro atoms. The Morgan fingerprint density at radius 2 is 2.08 bits per heavy atom.